The molecule has 0 spiro atoms. The summed E-state index contributed by atoms with van der Waals surface area (Å²) in [5.74, 6) is -0.976. The van der Waals surface area contributed by atoms with Gasteiger partial charge in [-0.05, 0) is 25.1 Å². The third-order valence-corrected chi connectivity index (χ3v) is 3.98. The highest BCUT2D eigenvalue weighted by Gasteiger charge is 2.13. The highest BCUT2D eigenvalue weighted by atomic mass is 32.2. The average Bonchev–Trinajstić information content (AvgIpc) is 2.44. The molecule has 1 aromatic carbocycles. The van der Waals surface area contributed by atoms with E-state index in [1.807, 2.05) is 6.92 Å². The molecule has 0 unspecified atom stereocenters. The largest absolute Gasteiger partial charge is 0.478 e. The summed E-state index contributed by atoms with van der Waals surface area (Å²) in [5.41, 5.74) is 0.410. The fourth-order valence-corrected chi connectivity index (χ4v) is 3.00. The van der Waals surface area contributed by atoms with E-state index in [0.717, 1.165) is 12.1 Å². The van der Waals surface area contributed by atoms with Crippen LogP contribution in [0.3, 0.4) is 0 Å². The van der Waals surface area contributed by atoms with Gasteiger partial charge in [0.15, 0.2) is 0 Å². The second-order valence-corrected chi connectivity index (χ2v) is 5.79. The molecule has 2 rings (SSSR count). The number of halogens is 2. The lowest BCUT2D eigenvalue weighted by molar-refractivity contribution is 0.326. The van der Waals surface area contributed by atoms with Crippen molar-refractivity contribution in [3.05, 3.63) is 59.3 Å². The van der Waals surface area contributed by atoms with Gasteiger partial charge in [-0.2, -0.15) is 0 Å². The van der Waals surface area contributed by atoms with Crippen molar-refractivity contribution in [2.45, 2.75) is 18.4 Å². The number of hydrogen-bond acceptors (Lipinski definition) is 3. The summed E-state index contributed by atoms with van der Waals surface area (Å²) in [6.07, 6.45) is 0. The fourth-order valence-electron chi connectivity index (χ4n) is 1.81. The van der Waals surface area contributed by atoms with Crippen molar-refractivity contribution in [3.8, 4) is 5.88 Å². The Balaban J connectivity index is 2.06. The molecule has 2 aromatic rings. The van der Waals surface area contributed by atoms with Gasteiger partial charge in [0, 0.05) is 22.4 Å². The maximum Gasteiger partial charge on any atom is 0.213 e. The molecule has 0 saturated heterocycles. The number of rotatable bonds is 6. The zero-order valence-electron chi connectivity index (χ0n) is 11.5. The minimum atomic E-state index is -1.45. The lowest BCUT2D eigenvalue weighted by Gasteiger charge is -2.07. The van der Waals surface area contributed by atoms with Crippen LogP contribution in [0.5, 0.6) is 5.88 Å². The first-order valence-electron chi connectivity index (χ1n) is 6.46. The Hall–Kier alpha value is -1.82. The molecule has 0 saturated carbocycles. The summed E-state index contributed by atoms with van der Waals surface area (Å²) >= 11 is 0. The minimum absolute atomic E-state index is 0.120. The molecule has 1 atom stereocenters. The van der Waals surface area contributed by atoms with Crippen molar-refractivity contribution in [3.63, 3.8) is 0 Å². The number of benzene rings is 1. The van der Waals surface area contributed by atoms with Gasteiger partial charge in [0.05, 0.1) is 23.8 Å². The average molecular weight is 311 g/mol. The Kier molecular flexibility index (Phi) is 5.38. The molecule has 112 valence electrons. The molecule has 0 fully saturated rings. The molecule has 21 heavy (non-hydrogen) atoms. The highest BCUT2D eigenvalue weighted by Crippen LogP contribution is 2.16. The number of aromatic nitrogens is 1. The molecule has 0 aliphatic carbocycles. The van der Waals surface area contributed by atoms with Crippen molar-refractivity contribution in [2.24, 2.45) is 0 Å². The number of ether oxygens (including phenoxy) is 1. The quantitative estimate of drug-likeness (QED) is 0.822. The summed E-state index contributed by atoms with van der Waals surface area (Å²) < 4.78 is 44.3. The van der Waals surface area contributed by atoms with Gasteiger partial charge < -0.3 is 4.74 Å². The van der Waals surface area contributed by atoms with Gasteiger partial charge in [-0.25, -0.2) is 13.8 Å². The summed E-state index contributed by atoms with van der Waals surface area (Å²) in [7, 11) is -1.45. The van der Waals surface area contributed by atoms with E-state index in [-0.39, 0.29) is 17.1 Å². The number of pyridine rings is 1. The van der Waals surface area contributed by atoms with Gasteiger partial charge in [0.25, 0.3) is 0 Å². The predicted octanol–water partition coefficient (Wildman–Crippen LogP) is 3.21. The Morgan fingerprint density at radius 1 is 1.10 bits per heavy atom. The SMILES string of the molecule is CCOc1cccc(C[S@@](=O)Cc2c(F)cccc2F)n1. The van der Waals surface area contributed by atoms with E-state index in [9.17, 15) is 13.0 Å². The number of hydrogen-bond donors (Lipinski definition) is 0. The van der Waals surface area contributed by atoms with Crippen LogP contribution in [0.4, 0.5) is 8.78 Å². The Bertz CT molecular complexity index is 629. The maximum absolute atomic E-state index is 13.5. The van der Waals surface area contributed by atoms with Crippen molar-refractivity contribution in [1.82, 2.24) is 4.98 Å². The van der Waals surface area contributed by atoms with Crippen LogP contribution in [-0.2, 0) is 22.3 Å². The lowest BCUT2D eigenvalue weighted by Crippen LogP contribution is -2.05. The molecular weight excluding hydrogens is 296 g/mol. The van der Waals surface area contributed by atoms with E-state index in [1.165, 1.54) is 6.07 Å². The van der Waals surface area contributed by atoms with Crippen molar-refractivity contribution in [2.75, 3.05) is 6.61 Å². The predicted molar refractivity (Wildman–Crippen MR) is 77.3 cm³/mol. The maximum atomic E-state index is 13.5. The molecule has 0 amide bonds. The molecule has 1 heterocycles. The molecule has 0 N–H and O–H groups in total. The van der Waals surface area contributed by atoms with Crippen LogP contribution in [-0.4, -0.2) is 15.8 Å². The minimum Gasteiger partial charge on any atom is -0.478 e. The molecule has 0 radical (unpaired) electrons. The molecule has 0 aliphatic rings. The van der Waals surface area contributed by atoms with Gasteiger partial charge in [-0.1, -0.05) is 12.1 Å². The standard InChI is InChI=1S/C15H15F2NO2S/c1-2-20-15-8-3-5-11(18-15)9-21(19)10-12-13(16)6-4-7-14(12)17/h3-8H,2,9-10H2,1H3/t21-/m1/s1. The third-order valence-electron chi connectivity index (χ3n) is 2.75. The first kappa shape index (κ1) is 15.6. The summed E-state index contributed by atoms with van der Waals surface area (Å²) in [6, 6.07) is 8.75. The molecule has 0 aliphatic heterocycles. The summed E-state index contributed by atoms with van der Waals surface area (Å²) in [5, 5.41) is 0. The Morgan fingerprint density at radius 3 is 2.43 bits per heavy atom. The summed E-state index contributed by atoms with van der Waals surface area (Å²) in [6.45, 7) is 2.33. The summed E-state index contributed by atoms with van der Waals surface area (Å²) in [4.78, 5) is 4.19. The first-order valence-corrected chi connectivity index (χ1v) is 7.95. The molecule has 0 bridgehead atoms. The molecule has 6 heteroatoms. The van der Waals surface area contributed by atoms with Crippen molar-refractivity contribution >= 4 is 10.8 Å². The van der Waals surface area contributed by atoms with Crippen LogP contribution in [0.1, 0.15) is 18.2 Å². The van der Waals surface area contributed by atoms with Crippen molar-refractivity contribution in [1.29, 1.82) is 0 Å². The van der Waals surface area contributed by atoms with E-state index in [4.69, 9.17) is 4.74 Å². The van der Waals surface area contributed by atoms with E-state index in [2.05, 4.69) is 4.98 Å². The normalized spacial score (nSPS) is 12.1. The van der Waals surface area contributed by atoms with Gasteiger partial charge in [0.2, 0.25) is 5.88 Å². The lowest BCUT2D eigenvalue weighted by atomic mass is 10.2. The molecule has 1 aromatic heterocycles. The second-order valence-electron chi connectivity index (χ2n) is 4.33. The van der Waals surface area contributed by atoms with E-state index < -0.39 is 22.4 Å². The van der Waals surface area contributed by atoms with Crippen LogP contribution in [0.2, 0.25) is 0 Å². The Labute approximate surface area is 124 Å². The topological polar surface area (TPSA) is 39.2 Å². The van der Waals surface area contributed by atoms with Crippen LogP contribution < -0.4 is 4.74 Å². The molecule has 3 nitrogen and oxygen atoms in total. The third kappa shape index (κ3) is 4.32. The fraction of sp³-hybridized carbons (Fsp3) is 0.267. The van der Waals surface area contributed by atoms with Gasteiger partial charge in [-0.15, -0.1) is 0 Å². The van der Waals surface area contributed by atoms with Gasteiger partial charge in [-0.3, -0.25) is 4.21 Å². The van der Waals surface area contributed by atoms with E-state index in [0.29, 0.717) is 18.2 Å². The second kappa shape index (κ2) is 7.26. The van der Waals surface area contributed by atoms with E-state index >= 15 is 0 Å². The first-order chi connectivity index (χ1) is 10.1. The van der Waals surface area contributed by atoms with Gasteiger partial charge >= 0.3 is 0 Å². The van der Waals surface area contributed by atoms with Gasteiger partial charge in [0.1, 0.15) is 11.6 Å². The zero-order chi connectivity index (χ0) is 15.2. The zero-order valence-corrected chi connectivity index (χ0v) is 12.3. The monoisotopic (exact) mass is 311 g/mol. The van der Waals surface area contributed by atoms with Crippen LogP contribution in [0, 0.1) is 11.6 Å². The smallest absolute Gasteiger partial charge is 0.213 e. The van der Waals surface area contributed by atoms with E-state index in [1.54, 1.807) is 18.2 Å². The van der Waals surface area contributed by atoms with Crippen LogP contribution >= 0.6 is 0 Å². The molecular formula is C15H15F2NO2S. The number of nitrogens with zero attached hydrogens (tertiary/aromatic N) is 1. The highest BCUT2D eigenvalue weighted by molar-refractivity contribution is 7.83. The Morgan fingerprint density at radius 2 is 1.76 bits per heavy atom. The van der Waals surface area contributed by atoms with Crippen LogP contribution in [0.15, 0.2) is 36.4 Å². The van der Waals surface area contributed by atoms with Crippen LogP contribution in [0.25, 0.3) is 0 Å². The van der Waals surface area contributed by atoms with Crippen molar-refractivity contribution < 1.29 is 17.7 Å².